The summed E-state index contributed by atoms with van der Waals surface area (Å²) in [7, 11) is 4.00. The van der Waals surface area contributed by atoms with Crippen molar-refractivity contribution in [2.24, 2.45) is 0 Å². The molecule has 3 aromatic rings. The lowest BCUT2D eigenvalue weighted by Gasteiger charge is -2.13. The normalized spacial score (nSPS) is 11.2. The molecule has 0 spiro atoms. The molecule has 1 heterocycles. The lowest BCUT2D eigenvalue weighted by Crippen LogP contribution is -2.22. The van der Waals surface area contributed by atoms with E-state index in [1.807, 2.05) is 68.1 Å². The predicted octanol–water partition coefficient (Wildman–Crippen LogP) is 3.35. The zero-order valence-electron chi connectivity index (χ0n) is 15.2. The molecule has 2 aromatic carbocycles. The van der Waals surface area contributed by atoms with Crippen LogP contribution in [0.25, 0.3) is 11.0 Å². The molecular formula is C20H24N4O. The van der Waals surface area contributed by atoms with E-state index < -0.39 is 0 Å². The topological polar surface area (TPSA) is 50.2 Å². The van der Waals surface area contributed by atoms with Crippen molar-refractivity contribution in [2.45, 2.75) is 26.9 Å². The number of nitrogens with one attached hydrogen (secondary N) is 1. The molecule has 25 heavy (non-hydrogen) atoms. The summed E-state index contributed by atoms with van der Waals surface area (Å²) in [5.74, 6) is 0.841. The Hall–Kier alpha value is -2.66. The molecule has 0 saturated carbocycles. The fourth-order valence-electron chi connectivity index (χ4n) is 2.87. The van der Waals surface area contributed by atoms with E-state index in [4.69, 9.17) is 0 Å². The number of carbonyl (C=O) groups is 1. The molecule has 1 N–H and O–H groups in total. The van der Waals surface area contributed by atoms with Gasteiger partial charge in [-0.05, 0) is 63.3 Å². The second kappa shape index (κ2) is 7.07. The van der Waals surface area contributed by atoms with Gasteiger partial charge in [0.1, 0.15) is 12.4 Å². The molecule has 5 heteroatoms. The maximum absolute atomic E-state index is 12.6. The highest BCUT2D eigenvalue weighted by Gasteiger charge is 2.14. The number of para-hydroxylation sites is 2. The maximum atomic E-state index is 12.6. The standard InChI is InChI=1S/C20H24N4O/c1-14-9-10-16(11-15(14)2)21-20(25)13-24-18-8-6-5-7-17(18)22-19(24)12-23(3)4/h5-11H,12-13H2,1-4H3,(H,21,25). The van der Waals surface area contributed by atoms with E-state index in [0.29, 0.717) is 6.54 Å². The van der Waals surface area contributed by atoms with Gasteiger partial charge in [-0.1, -0.05) is 18.2 Å². The van der Waals surface area contributed by atoms with Crippen LogP contribution in [0.3, 0.4) is 0 Å². The van der Waals surface area contributed by atoms with Crippen molar-refractivity contribution in [3.63, 3.8) is 0 Å². The van der Waals surface area contributed by atoms with Crippen molar-refractivity contribution >= 4 is 22.6 Å². The quantitative estimate of drug-likeness (QED) is 0.777. The van der Waals surface area contributed by atoms with Crippen LogP contribution in [0, 0.1) is 13.8 Å². The predicted molar refractivity (Wildman–Crippen MR) is 102 cm³/mol. The summed E-state index contributed by atoms with van der Waals surface area (Å²) >= 11 is 0. The number of benzene rings is 2. The number of rotatable bonds is 5. The largest absolute Gasteiger partial charge is 0.325 e. The van der Waals surface area contributed by atoms with E-state index in [9.17, 15) is 4.79 Å². The van der Waals surface area contributed by atoms with Crippen molar-refractivity contribution in [3.05, 3.63) is 59.4 Å². The Morgan fingerprint density at radius 2 is 1.88 bits per heavy atom. The number of aromatic nitrogens is 2. The molecule has 1 aromatic heterocycles. The lowest BCUT2D eigenvalue weighted by atomic mass is 10.1. The van der Waals surface area contributed by atoms with Gasteiger partial charge in [-0.25, -0.2) is 4.98 Å². The molecule has 0 saturated heterocycles. The van der Waals surface area contributed by atoms with Crippen LogP contribution >= 0.6 is 0 Å². The van der Waals surface area contributed by atoms with E-state index in [-0.39, 0.29) is 12.5 Å². The first-order valence-electron chi connectivity index (χ1n) is 8.40. The number of hydrogen-bond donors (Lipinski definition) is 1. The summed E-state index contributed by atoms with van der Waals surface area (Å²) in [5, 5.41) is 2.99. The van der Waals surface area contributed by atoms with Gasteiger partial charge < -0.3 is 14.8 Å². The molecule has 0 unspecified atom stereocenters. The van der Waals surface area contributed by atoms with Crippen LogP contribution in [-0.4, -0.2) is 34.5 Å². The Bertz CT molecular complexity index is 911. The van der Waals surface area contributed by atoms with Crippen LogP contribution in [0.4, 0.5) is 5.69 Å². The Labute approximate surface area is 148 Å². The molecule has 0 aliphatic heterocycles. The highest BCUT2D eigenvalue weighted by molar-refractivity contribution is 5.91. The van der Waals surface area contributed by atoms with Crippen LogP contribution < -0.4 is 5.32 Å². The minimum Gasteiger partial charge on any atom is -0.325 e. The maximum Gasteiger partial charge on any atom is 0.244 e. The number of imidazole rings is 1. The molecule has 0 fully saturated rings. The van der Waals surface area contributed by atoms with Gasteiger partial charge in [-0.15, -0.1) is 0 Å². The summed E-state index contributed by atoms with van der Waals surface area (Å²) in [5.41, 5.74) is 5.10. The first-order valence-corrected chi connectivity index (χ1v) is 8.40. The molecule has 0 aliphatic carbocycles. The van der Waals surface area contributed by atoms with Crippen LogP contribution in [0.1, 0.15) is 17.0 Å². The minimum atomic E-state index is -0.0496. The van der Waals surface area contributed by atoms with Crippen LogP contribution in [0.15, 0.2) is 42.5 Å². The molecule has 0 radical (unpaired) electrons. The third-order valence-electron chi connectivity index (χ3n) is 4.28. The second-order valence-electron chi connectivity index (χ2n) is 6.69. The average molecular weight is 336 g/mol. The van der Waals surface area contributed by atoms with Gasteiger partial charge in [0.05, 0.1) is 17.6 Å². The fraction of sp³-hybridized carbons (Fsp3) is 0.300. The smallest absolute Gasteiger partial charge is 0.244 e. The van der Waals surface area contributed by atoms with Crippen LogP contribution in [-0.2, 0) is 17.9 Å². The molecule has 0 aliphatic rings. The van der Waals surface area contributed by atoms with Gasteiger partial charge in [0.15, 0.2) is 0 Å². The Balaban J connectivity index is 1.85. The van der Waals surface area contributed by atoms with Gasteiger partial charge in [0, 0.05) is 5.69 Å². The fourth-order valence-corrected chi connectivity index (χ4v) is 2.87. The van der Waals surface area contributed by atoms with E-state index >= 15 is 0 Å². The lowest BCUT2D eigenvalue weighted by molar-refractivity contribution is -0.116. The highest BCUT2D eigenvalue weighted by atomic mass is 16.1. The van der Waals surface area contributed by atoms with Gasteiger partial charge in [-0.2, -0.15) is 0 Å². The third kappa shape index (κ3) is 3.88. The summed E-state index contributed by atoms with van der Waals surface area (Å²) in [4.78, 5) is 19.3. The van der Waals surface area contributed by atoms with Crippen molar-refractivity contribution < 1.29 is 4.79 Å². The van der Waals surface area contributed by atoms with E-state index in [0.717, 1.165) is 22.5 Å². The van der Waals surface area contributed by atoms with E-state index in [2.05, 4.69) is 22.1 Å². The molecule has 5 nitrogen and oxygen atoms in total. The van der Waals surface area contributed by atoms with Crippen molar-refractivity contribution in [1.29, 1.82) is 0 Å². The van der Waals surface area contributed by atoms with E-state index in [1.54, 1.807) is 0 Å². The second-order valence-corrected chi connectivity index (χ2v) is 6.69. The first-order chi connectivity index (χ1) is 11.9. The Kier molecular flexibility index (Phi) is 4.86. The molecule has 130 valence electrons. The molecule has 3 rings (SSSR count). The van der Waals surface area contributed by atoms with Crippen LogP contribution in [0.5, 0.6) is 0 Å². The van der Waals surface area contributed by atoms with Gasteiger partial charge in [0.2, 0.25) is 5.91 Å². The molecule has 0 bridgehead atoms. The molecule has 1 amide bonds. The SMILES string of the molecule is Cc1ccc(NC(=O)Cn2c(CN(C)C)nc3ccccc32)cc1C. The third-order valence-corrected chi connectivity index (χ3v) is 4.28. The zero-order chi connectivity index (χ0) is 18.0. The Morgan fingerprint density at radius 3 is 2.60 bits per heavy atom. The minimum absolute atomic E-state index is 0.0496. The molecule has 0 atom stereocenters. The van der Waals surface area contributed by atoms with Gasteiger partial charge in [-0.3, -0.25) is 4.79 Å². The molecular weight excluding hydrogens is 312 g/mol. The number of aryl methyl sites for hydroxylation is 2. The monoisotopic (exact) mass is 336 g/mol. The highest BCUT2D eigenvalue weighted by Crippen LogP contribution is 2.18. The zero-order valence-corrected chi connectivity index (χ0v) is 15.2. The number of nitrogens with zero attached hydrogens (tertiary/aromatic N) is 3. The van der Waals surface area contributed by atoms with Crippen LogP contribution in [0.2, 0.25) is 0 Å². The van der Waals surface area contributed by atoms with E-state index in [1.165, 1.54) is 11.1 Å². The number of hydrogen-bond acceptors (Lipinski definition) is 3. The summed E-state index contributed by atoms with van der Waals surface area (Å²) < 4.78 is 1.99. The number of anilines is 1. The van der Waals surface area contributed by atoms with Gasteiger partial charge in [0.25, 0.3) is 0 Å². The van der Waals surface area contributed by atoms with Crippen molar-refractivity contribution in [3.8, 4) is 0 Å². The number of carbonyl (C=O) groups excluding carboxylic acids is 1. The number of amides is 1. The van der Waals surface area contributed by atoms with Crippen molar-refractivity contribution in [2.75, 3.05) is 19.4 Å². The van der Waals surface area contributed by atoms with Crippen molar-refractivity contribution in [1.82, 2.24) is 14.5 Å². The average Bonchev–Trinajstić information content (AvgIpc) is 2.88. The summed E-state index contributed by atoms with van der Waals surface area (Å²) in [6.45, 7) is 5.04. The summed E-state index contributed by atoms with van der Waals surface area (Å²) in [6, 6.07) is 13.9. The first kappa shape index (κ1) is 17.2. The van der Waals surface area contributed by atoms with Gasteiger partial charge >= 0.3 is 0 Å². The Morgan fingerprint density at radius 1 is 1.12 bits per heavy atom. The summed E-state index contributed by atoms with van der Waals surface area (Å²) in [6.07, 6.45) is 0. The number of fused-ring (bicyclic) bond motifs is 1.